The van der Waals surface area contributed by atoms with Crippen molar-refractivity contribution in [1.29, 1.82) is 0 Å². The van der Waals surface area contributed by atoms with Gasteiger partial charge in [-0.05, 0) is 50.2 Å². The third-order valence-corrected chi connectivity index (χ3v) is 5.18. The molecule has 0 amide bonds. The van der Waals surface area contributed by atoms with Crippen molar-refractivity contribution >= 4 is 10.0 Å². The first-order chi connectivity index (χ1) is 10.7. The van der Waals surface area contributed by atoms with Gasteiger partial charge in [0.05, 0.1) is 4.90 Å². The third kappa shape index (κ3) is 5.36. The Morgan fingerprint density at radius 1 is 1.30 bits per heavy atom. The van der Waals surface area contributed by atoms with Gasteiger partial charge in [-0.2, -0.15) is 0 Å². The highest BCUT2D eigenvalue weighted by molar-refractivity contribution is 7.89. The fourth-order valence-corrected chi connectivity index (χ4v) is 3.81. The van der Waals surface area contributed by atoms with Crippen LogP contribution in [0.2, 0.25) is 0 Å². The number of ether oxygens (including phenoxy) is 1. The molecule has 1 aromatic carbocycles. The van der Waals surface area contributed by atoms with Crippen molar-refractivity contribution in [3.63, 3.8) is 0 Å². The van der Waals surface area contributed by atoms with Gasteiger partial charge < -0.3 is 9.64 Å². The number of likely N-dealkylation sites (tertiary alicyclic amines) is 1. The number of sulfonamides is 1. The van der Waals surface area contributed by atoms with Gasteiger partial charge in [-0.25, -0.2) is 13.1 Å². The van der Waals surface area contributed by atoms with E-state index in [1.807, 2.05) is 6.92 Å². The average Bonchev–Trinajstić information content (AvgIpc) is 2.46. The minimum absolute atomic E-state index is 0.0827. The molecule has 1 aromatic rings. The van der Waals surface area contributed by atoms with E-state index in [1.165, 1.54) is 0 Å². The first-order valence-corrected chi connectivity index (χ1v) is 8.78. The van der Waals surface area contributed by atoms with E-state index in [2.05, 4.69) is 14.4 Å². The second-order valence-corrected chi connectivity index (χ2v) is 7.09. The molecule has 130 valence electrons. The van der Waals surface area contributed by atoms with Crippen molar-refractivity contribution in [2.45, 2.75) is 37.1 Å². The van der Waals surface area contributed by atoms with Crippen LogP contribution in [0.1, 0.15) is 19.8 Å². The smallest absolute Gasteiger partial charge is 0.406 e. The lowest BCUT2D eigenvalue weighted by Crippen LogP contribution is -2.47. The Morgan fingerprint density at radius 3 is 2.52 bits per heavy atom. The normalized spacial score (nSPS) is 20.4. The number of piperidine rings is 1. The summed E-state index contributed by atoms with van der Waals surface area (Å²) in [5.74, 6) is -0.453. The molecule has 0 spiro atoms. The molecule has 9 heteroatoms. The number of nitrogens with one attached hydrogen (secondary N) is 1. The molecule has 1 saturated heterocycles. The Balaban J connectivity index is 2.04. The summed E-state index contributed by atoms with van der Waals surface area (Å²) in [5, 5.41) is 0. The van der Waals surface area contributed by atoms with Crippen molar-refractivity contribution in [2.75, 3.05) is 19.6 Å². The van der Waals surface area contributed by atoms with Crippen LogP contribution in [0.15, 0.2) is 29.2 Å². The lowest BCUT2D eigenvalue weighted by atomic mass is 10.1. The van der Waals surface area contributed by atoms with E-state index in [-0.39, 0.29) is 10.9 Å². The standard InChI is InChI=1S/C14H19F3N2O3S/c1-2-19-9-3-4-11(10-19)18-23(20,21)13-7-5-12(6-8-13)22-14(15,16)17/h5-8,11,18H,2-4,9-10H2,1H3. The van der Waals surface area contributed by atoms with Crippen molar-refractivity contribution in [1.82, 2.24) is 9.62 Å². The van der Waals surface area contributed by atoms with Crippen LogP contribution in [-0.2, 0) is 10.0 Å². The molecule has 1 fully saturated rings. The molecular formula is C14H19F3N2O3S. The van der Waals surface area contributed by atoms with Crippen LogP contribution in [0.4, 0.5) is 13.2 Å². The Labute approximate surface area is 133 Å². The van der Waals surface area contributed by atoms with Gasteiger partial charge in [-0.15, -0.1) is 13.2 Å². The number of nitrogens with zero attached hydrogens (tertiary/aromatic N) is 1. The summed E-state index contributed by atoms with van der Waals surface area (Å²) < 4.78 is 67.2. The predicted molar refractivity (Wildman–Crippen MR) is 78.6 cm³/mol. The molecule has 5 nitrogen and oxygen atoms in total. The Morgan fingerprint density at radius 2 is 1.96 bits per heavy atom. The van der Waals surface area contributed by atoms with E-state index in [0.717, 1.165) is 50.2 Å². The van der Waals surface area contributed by atoms with Gasteiger partial charge >= 0.3 is 6.36 Å². The van der Waals surface area contributed by atoms with Crippen LogP contribution in [0.25, 0.3) is 0 Å². The largest absolute Gasteiger partial charge is 0.573 e. The van der Waals surface area contributed by atoms with Crippen LogP contribution in [0.3, 0.4) is 0 Å². The molecule has 1 unspecified atom stereocenters. The summed E-state index contributed by atoms with van der Waals surface area (Å²) in [6, 6.07) is 3.98. The van der Waals surface area contributed by atoms with Crippen LogP contribution in [0.5, 0.6) is 5.75 Å². The number of halogens is 3. The van der Waals surface area contributed by atoms with E-state index in [1.54, 1.807) is 0 Å². The highest BCUT2D eigenvalue weighted by Crippen LogP contribution is 2.24. The Hall–Kier alpha value is -1.32. The van der Waals surface area contributed by atoms with Gasteiger partial charge in [-0.1, -0.05) is 6.92 Å². The minimum atomic E-state index is -4.80. The number of hydrogen-bond donors (Lipinski definition) is 1. The van der Waals surface area contributed by atoms with Gasteiger partial charge in [0, 0.05) is 12.6 Å². The second kappa shape index (κ2) is 7.06. The van der Waals surface area contributed by atoms with Gasteiger partial charge in [-0.3, -0.25) is 0 Å². The zero-order valence-electron chi connectivity index (χ0n) is 12.6. The summed E-state index contributed by atoms with van der Waals surface area (Å²) in [7, 11) is -3.77. The first-order valence-electron chi connectivity index (χ1n) is 7.30. The van der Waals surface area contributed by atoms with Crippen LogP contribution < -0.4 is 9.46 Å². The molecular weight excluding hydrogens is 333 g/mol. The topological polar surface area (TPSA) is 58.6 Å². The number of rotatable bonds is 5. The SMILES string of the molecule is CCN1CCCC(NS(=O)(=O)c2ccc(OC(F)(F)F)cc2)C1. The summed E-state index contributed by atoms with van der Waals surface area (Å²) in [5.41, 5.74) is 0. The Bertz CT molecular complexity index is 617. The molecule has 0 radical (unpaired) electrons. The maximum atomic E-state index is 12.3. The molecule has 2 rings (SSSR count). The quantitative estimate of drug-likeness (QED) is 0.884. The Kier molecular flexibility index (Phi) is 5.53. The molecule has 23 heavy (non-hydrogen) atoms. The number of hydrogen-bond acceptors (Lipinski definition) is 4. The molecule has 0 bridgehead atoms. The zero-order valence-corrected chi connectivity index (χ0v) is 13.5. The molecule has 1 N–H and O–H groups in total. The number of benzene rings is 1. The van der Waals surface area contributed by atoms with E-state index < -0.39 is 22.1 Å². The fraction of sp³-hybridized carbons (Fsp3) is 0.571. The van der Waals surface area contributed by atoms with Gasteiger partial charge in [0.15, 0.2) is 0 Å². The summed E-state index contributed by atoms with van der Waals surface area (Å²) >= 11 is 0. The molecule has 0 saturated carbocycles. The summed E-state index contributed by atoms with van der Waals surface area (Å²) in [6.07, 6.45) is -3.16. The van der Waals surface area contributed by atoms with Gasteiger partial charge in [0.2, 0.25) is 10.0 Å². The van der Waals surface area contributed by atoms with Crippen molar-refractivity contribution in [2.24, 2.45) is 0 Å². The summed E-state index contributed by atoms with van der Waals surface area (Å²) in [6.45, 7) is 4.43. The maximum Gasteiger partial charge on any atom is 0.573 e. The lowest BCUT2D eigenvalue weighted by molar-refractivity contribution is -0.274. The van der Waals surface area contributed by atoms with Crippen molar-refractivity contribution in [3.8, 4) is 5.75 Å². The number of likely N-dealkylation sites (N-methyl/N-ethyl adjacent to an activating group) is 1. The monoisotopic (exact) mass is 352 g/mol. The zero-order chi connectivity index (χ0) is 17.1. The second-order valence-electron chi connectivity index (χ2n) is 5.37. The van der Waals surface area contributed by atoms with E-state index in [0.29, 0.717) is 6.54 Å². The van der Waals surface area contributed by atoms with Gasteiger partial charge in [0.25, 0.3) is 0 Å². The van der Waals surface area contributed by atoms with Crippen molar-refractivity contribution in [3.05, 3.63) is 24.3 Å². The lowest BCUT2D eigenvalue weighted by Gasteiger charge is -2.32. The number of alkyl halides is 3. The van der Waals surface area contributed by atoms with Gasteiger partial charge in [0.1, 0.15) is 5.75 Å². The highest BCUT2D eigenvalue weighted by Gasteiger charge is 2.31. The molecule has 0 aromatic heterocycles. The highest BCUT2D eigenvalue weighted by atomic mass is 32.2. The van der Waals surface area contributed by atoms with Crippen LogP contribution in [-0.4, -0.2) is 45.4 Å². The molecule has 1 aliphatic heterocycles. The molecule has 1 aliphatic rings. The van der Waals surface area contributed by atoms with E-state index in [9.17, 15) is 21.6 Å². The fourth-order valence-electron chi connectivity index (χ4n) is 2.55. The predicted octanol–water partition coefficient (Wildman–Crippen LogP) is 2.35. The minimum Gasteiger partial charge on any atom is -0.406 e. The molecule has 0 aliphatic carbocycles. The average molecular weight is 352 g/mol. The van der Waals surface area contributed by atoms with Crippen molar-refractivity contribution < 1.29 is 26.3 Å². The van der Waals surface area contributed by atoms with Crippen LogP contribution in [0, 0.1) is 0 Å². The van der Waals surface area contributed by atoms with E-state index in [4.69, 9.17) is 0 Å². The van der Waals surface area contributed by atoms with Crippen LogP contribution >= 0.6 is 0 Å². The summed E-state index contributed by atoms with van der Waals surface area (Å²) in [4.78, 5) is 2.07. The third-order valence-electron chi connectivity index (χ3n) is 3.64. The maximum absolute atomic E-state index is 12.3. The first kappa shape index (κ1) is 18.0. The van der Waals surface area contributed by atoms with E-state index >= 15 is 0 Å². The molecule has 1 heterocycles. The molecule has 1 atom stereocenters.